The van der Waals surface area contributed by atoms with Crippen LogP contribution in [0.3, 0.4) is 0 Å². The van der Waals surface area contributed by atoms with Gasteiger partial charge < -0.3 is 4.74 Å². The molecule has 90 valence electrons. The molecule has 0 aromatic heterocycles. The van der Waals surface area contributed by atoms with Crippen LogP contribution in [0.15, 0.2) is 28.7 Å². The van der Waals surface area contributed by atoms with E-state index in [1.807, 2.05) is 0 Å². The van der Waals surface area contributed by atoms with Gasteiger partial charge in [0.15, 0.2) is 0 Å². The summed E-state index contributed by atoms with van der Waals surface area (Å²) in [5, 5.41) is 0. The summed E-state index contributed by atoms with van der Waals surface area (Å²) >= 11 is 3.44. The van der Waals surface area contributed by atoms with Crippen LogP contribution in [0.25, 0.3) is 0 Å². The van der Waals surface area contributed by atoms with Gasteiger partial charge in [0.05, 0.1) is 6.10 Å². The van der Waals surface area contributed by atoms with Gasteiger partial charge in [-0.3, -0.25) is 0 Å². The van der Waals surface area contributed by atoms with Crippen molar-refractivity contribution in [1.82, 2.24) is 0 Å². The molecule has 0 saturated heterocycles. The molecule has 0 aliphatic carbocycles. The van der Waals surface area contributed by atoms with Crippen molar-refractivity contribution in [3.05, 3.63) is 34.3 Å². The third-order valence-corrected chi connectivity index (χ3v) is 3.12. The minimum Gasteiger partial charge on any atom is -0.378 e. The van der Waals surface area contributed by atoms with E-state index in [1.54, 1.807) is 0 Å². The summed E-state index contributed by atoms with van der Waals surface area (Å²) in [6, 6.07) is 8.46. The summed E-state index contributed by atoms with van der Waals surface area (Å²) in [4.78, 5) is 0. The normalized spacial score (nSPS) is 12.7. The molecule has 0 amide bonds. The number of ether oxygens (including phenoxy) is 1. The first-order valence-corrected chi connectivity index (χ1v) is 6.87. The van der Waals surface area contributed by atoms with E-state index in [2.05, 4.69) is 54.0 Å². The van der Waals surface area contributed by atoms with Crippen molar-refractivity contribution >= 4 is 15.9 Å². The molecule has 0 aliphatic heterocycles. The standard InChI is InChI=1S/C14H21BrO/c1-3-4-5-10-16-12(2)11-13-6-8-14(15)9-7-13/h6-9,12H,3-5,10-11H2,1-2H3/t12-/m0/s1. The fourth-order valence-electron chi connectivity index (χ4n) is 1.65. The van der Waals surface area contributed by atoms with Crippen molar-refractivity contribution in [3.8, 4) is 0 Å². The molecule has 0 bridgehead atoms. The zero-order chi connectivity index (χ0) is 11.8. The third-order valence-electron chi connectivity index (χ3n) is 2.59. The molecule has 1 aromatic carbocycles. The molecule has 1 nitrogen and oxygen atoms in total. The van der Waals surface area contributed by atoms with E-state index in [9.17, 15) is 0 Å². The molecule has 2 heteroatoms. The van der Waals surface area contributed by atoms with E-state index < -0.39 is 0 Å². The Labute approximate surface area is 107 Å². The first-order valence-electron chi connectivity index (χ1n) is 6.08. The predicted molar refractivity (Wildman–Crippen MR) is 72.8 cm³/mol. The minimum absolute atomic E-state index is 0.318. The number of unbranched alkanes of at least 4 members (excludes halogenated alkanes) is 2. The smallest absolute Gasteiger partial charge is 0.0587 e. The van der Waals surface area contributed by atoms with Crippen molar-refractivity contribution in [2.75, 3.05) is 6.61 Å². The Balaban J connectivity index is 2.23. The molecule has 16 heavy (non-hydrogen) atoms. The molecule has 0 heterocycles. The van der Waals surface area contributed by atoms with Gasteiger partial charge >= 0.3 is 0 Å². The lowest BCUT2D eigenvalue weighted by Crippen LogP contribution is -2.12. The van der Waals surface area contributed by atoms with Crippen molar-refractivity contribution in [2.24, 2.45) is 0 Å². The average Bonchev–Trinajstić information content (AvgIpc) is 2.28. The molecule has 1 aromatic rings. The molecular weight excluding hydrogens is 264 g/mol. The lowest BCUT2D eigenvalue weighted by Gasteiger charge is -2.13. The highest BCUT2D eigenvalue weighted by atomic mass is 79.9. The van der Waals surface area contributed by atoms with Crippen LogP contribution >= 0.6 is 15.9 Å². The number of benzene rings is 1. The maximum Gasteiger partial charge on any atom is 0.0587 e. The van der Waals surface area contributed by atoms with Crippen LogP contribution in [-0.4, -0.2) is 12.7 Å². The lowest BCUT2D eigenvalue weighted by molar-refractivity contribution is 0.0637. The van der Waals surface area contributed by atoms with Gasteiger partial charge in [0.2, 0.25) is 0 Å². The zero-order valence-electron chi connectivity index (χ0n) is 10.2. The van der Waals surface area contributed by atoms with E-state index in [0.29, 0.717) is 6.10 Å². The van der Waals surface area contributed by atoms with E-state index >= 15 is 0 Å². The molecule has 0 spiro atoms. The minimum atomic E-state index is 0.318. The Hall–Kier alpha value is -0.340. The molecule has 0 unspecified atom stereocenters. The summed E-state index contributed by atoms with van der Waals surface area (Å²) in [7, 11) is 0. The number of halogens is 1. The SMILES string of the molecule is CCCCCO[C@@H](C)Cc1ccc(Br)cc1. The van der Waals surface area contributed by atoms with Crippen LogP contribution in [0.5, 0.6) is 0 Å². The zero-order valence-corrected chi connectivity index (χ0v) is 11.8. The maximum absolute atomic E-state index is 5.77. The van der Waals surface area contributed by atoms with Gasteiger partial charge in [-0.15, -0.1) is 0 Å². The Morgan fingerprint density at radius 1 is 1.19 bits per heavy atom. The number of hydrogen-bond donors (Lipinski definition) is 0. The maximum atomic E-state index is 5.77. The van der Waals surface area contributed by atoms with Gasteiger partial charge in [-0.1, -0.05) is 47.8 Å². The average molecular weight is 285 g/mol. The van der Waals surface area contributed by atoms with E-state index in [-0.39, 0.29) is 0 Å². The van der Waals surface area contributed by atoms with Gasteiger partial charge in [0.1, 0.15) is 0 Å². The molecule has 1 atom stereocenters. The van der Waals surface area contributed by atoms with Crippen LogP contribution in [0.2, 0.25) is 0 Å². The molecule has 0 N–H and O–H groups in total. The van der Waals surface area contributed by atoms with Crippen LogP contribution in [-0.2, 0) is 11.2 Å². The summed E-state index contributed by atoms with van der Waals surface area (Å²) in [5.74, 6) is 0. The van der Waals surface area contributed by atoms with Crippen molar-refractivity contribution < 1.29 is 4.74 Å². The summed E-state index contributed by atoms with van der Waals surface area (Å²) in [6.45, 7) is 5.25. The highest BCUT2D eigenvalue weighted by molar-refractivity contribution is 9.10. The molecular formula is C14H21BrO. The fourth-order valence-corrected chi connectivity index (χ4v) is 1.91. The first-order chi connectivity index (χ1) is 7.72. The van der Waals surface area contributed by atoms with E-state index in [0.717, 1.165) is 17.5 Å². The number of rotatable bonds is 7. The Kier molecular flexibility index (Phi) is 6.74. The second-order valence-corrected chi connectivity index (χ2v) is 5.13. The fraction of sp³-hybridized carbons (Fsp3) is 0.571. The molecule has 0 fully saturated rings. The van der Waals surface area contributed by atoms with Crippen LogP contribution in [0, 0.1) is 0 Å². The lowest BCUT2D eigenvalue weighted by atomic mass is 10.1. The molecule has 0 aliphatic rings. The molecule has 0 radical (unpaired) electrons. The van der Waals surface area contributed by atoms with Crippen molar-refractivity contribution in [1.29, 1.82) is 0 Å². The van der Waals surface area contributed by atoms with Gasteiger partial charge in [0, 0.05) is 11.1 Å². The van der Waals surface area contributed by atoms with Crippen LogP contribution < -0.4 is 0 Å². The van der Waals surface area contributed by atoms with Crippen molar-refractivity contribution in [3.63, 3.8) is 0 Å². The van der Waals surface area contributed by atoms with Crippen LogP contribution in [0.1, 0.15) is 38.7 Å². The second-order valence-electron chi connectivity index (χ2n) is 4.22. The van der Waals surface area contributed by atoms with E-state index in [4.69, 9.17) is 4.74 Å². The third kappa shape index (κ3) is 5.66. The van der Waals surface area contributed by atoms with Gasteiger partial charge in [0.25, 0.3) is 0 Å². The van der Waals surface area contributed by atoms with Crippen LogP contribution in [0.4, 0.5) is 0 Å². The quantitative estimate of drug-likeness (QED) is 0.666. The Morgan fingerprint density at radius 2 is 1.88 bits per heavy atom. The Bertz CT molecular complexity index is 281. The van der Waals surface area contributed by atoms with E-state index in [1.165, 1.54) is 24.8 Å². The topological polar surface area (TPSA) is 9.23 Å². The molecule has 1 rings (SSSR count). The van der Waals surface area contributed by atoms with Gasteiger partial charge in [-0.05, 0) is 37.5 Å². The predicted octanol–water partition coefficient (Wildman–Crippen LogP) is 4.59. The second kappa shape index (κ2) is 7.86. The van der Waals surface area contributed by atoms with Gasteiger partial charge in [-0.25, -0.2) is 0 Å². The summed E-state index contributed by atoms with van der Waals surface area (Å²) < 4.78 is 6.90. The van der Waals surface area contributed by atoms with Crippen molar-refractivity contribution in [2.45, 2.75) is 45.6 Å². The highest BCUT2D eigenvalue weighted by Crippen LogP contribution is 2.13. The highest BCUT2D eigenvalue weighted by Gasteiger charge is 2.03. The first kappa shape index (κ1) is 13.7. The monoisotopic (exact) mass is 284 g/mol. The Morgan fingerprint density at radius 3 is 2.50 bits per heavy atom. The number of hydrogen-bond acceptors (Lipinski definition) is 1. The van der Waals surface area contributed by atoms with Gasteiger partial charge in [-0.2, -0.15) is 0 Å². The largest absolute Gasteiger partial charge is 0.378 e. The summed E-state index contributed by atoms with van der Waals surface area (Å²) in [5.41, 5.74) is 1.34. The molecule has 0 saturated carbocycles. The summed E-state index contributed by atoms with van der Waals surface area (Å²) in [6.07, 6.45) is 5.02.